The average Bonchev–Trinajstić information content (AvgIpc) is 2.56. The van der Waals surface area contributed by atoms with Crippen LogP contribution < -0.4 is 4.72 Å². The fourth-order valence-corrected chi connectivity index (χ4v) is 4.68. The van der Waals surface area contributed by atoms with E-state index in [-0.39, 0.29) is 17.2 Å². The smallest absolute Gasteiger partial charge is 0.304 e. The normalized spacial score (nSPS) is 13.7. The Kier molecular flexibility index (Phi) is 5.11. The molecule has 108 valence electrons. The Morgan fingerprint density at radius 2 is 2.00 bits per heavy atom. The number of thiophene rings is 1. The fourth-order valence-electron chi connectivity index (χ4n) is 1.74. The predicted molar refractivity (Wildman–Crippen MR) is 75.0 cm³/mol. The van der Waals surface area contributed by atoms with E-state index in [0.29, 0.717) is 4.88 Å². The molecule has 1 aromatic rings. The maximum atomic E-state index is 12.3. The first-order chi connectivity index (χ1) is 8.63. The molecule has 1 heterocycles. The number of carboxylic acid groups (broad SMARTS) is 1. The lowest BCUT2D eigenvalue weighted by atomic mass is 10.0. The van der Waals surface area contributed by atoms with Gasteiger partial charge in [0.15, 0.2) is 0 Å². The maximum Gasteiger partial charge on any atom is 0.304 e. The highest BCUT2D eigenvalue weighted by atomic mass is 32.2. The molecule has 0 amide bonds. The van der Waals surface area contributed by atoms with Crippen molar-refractivity contribution in [3.05, 3.63) is 15.8 Å². The zero-order valence-electron chi connectivity index (χ0n) is 11.4. The van der Waals surface area contributed by atoms with Crippen LogP contribution in [0.5, 0.6) is 0 Å². The first-order valence-corrected chi connectivity index (χ1v) is 8.24. The molecule has 0 aliphatic heterocycles. The molecule has 2 N–H and O–H groups in total. The van der Waals surface area contributed by atoms with E-state index < -0.39 is 22.0 Å². The van der Waals surface area contributed by atoms with E-state index in [1.54, 1.807) is 26.8 Å². The van der Waals surface area contributed by atoms with Crippen LogP contribution in [-0.4, -0.2) is 25.5 Å². The summed E-state index contributed by atoms with van der Waals surface area (Å²) in [5, 5.41) is 8.83. The molecule has 1 atom stereocenters. The van der Waals surface area contributed by atoms with Crippen LogP contribution in [-0.2, 0) is 14.8 Å². The molecule has 0 saturated heterocycles. The summed E-state index contributed by atoms with van der Waals surface area (Å²) in [6.07, 6.45) is -0.223. The van der Waals surface area contributed by atoms with Gasteiger partial charge in [0.25, 0.3) is 0 Å². The molecule has 0 bridgehead atoms. The highest BCUT2D eigenvalue weighted by Gasteiger charge is 2.26. The third kappa shape index (κ3) is 4.29. The van der Waals surface area contributed by atoms with Crippen molar-refractivity contribution in [1.29, 1.82) is 0 Å². The lowest BCUT2D eigenvalue weighted by Crippen LogP contribution is -2.40. The van der Waals surface area contributed by atoms with E-state index in [1.165, 1.54) is 11.3 Å². The Morgan fingerprint density at radius 3 is 2.37 bits per heavy atom. The van der Waals surface area contributed by atoms with Crippen molar-refractivity contribution < 1.29 is 18.3 Å². The summed E-state index contributed by atoms with van der Waals surface area (Å²) in [5.41, 5.74) is 0. The third-order valence-electron chi connectivity index (χ3n) is 2.79. The fraction of sp³-hybridized carbons (Fsp3) is 0.583. The first kappa shape index (κ1) is 16.1. The molecule has 7 heteroatoms. The van der Waals surface area contributed by atoms with Crippen molar-refractivity contribution in [3.63, 3.8) is 0 Å². The molecule has 1 unspecified atom stereocenters. The van der Waals surface area contributed by atoms with E-state index in [1.807, 2.05) is 6.92 Å². The monoisotopic (exact) mass is 305 g/mol. The molecular weight excluding hydrogens is 286 g/mol. The highest BCUT2D eigenvalue weighted by molar-refractivity contribution is 7.89. The first-order valence-electron chi connectivity index (χ1n) is 5.94. The van der Waals surface area contributed by atoms with Crippen LogP contribution in [0.3, 0.4) is 0 Å². The Balaban J connectivity index is 3.00. The van der Waals surface area contributed by atoms with Gasteiger partial charge in [-0.25, -0.2) is 13.1 Å². The molecule has 0 spiro atoms. The molecular formula is C12H19NO4S2. The van der Waals surface area contributed by atoms with Gasteiger partial charge in [-0.3, -0.25) is 4.79 Å². The minimum atomic E-state index is -3.66. The molecule has 1 rings (SSSR count). The van der Waals surface area contributed by atoms with Crippen LogP contribution in [0.4, 0.5) is 0 Å². The van der Waals surface area contributed by atoms with Crippen LogP contribution in [0, 0.1) is 19.8 Å². The number of hydrogen-bond donors (Lipinski definition) is 2. The Hall–Kier alpha value is -0.920. The summed E-state index contributed by atoms with van der Waals surface area (Å²) in [7, 11) is -3.66. The third-order valence-corrected chi connectivity index (χ3v) is 5.50. The molecule has 0 radical (unpaired) electrons. The summed E-state index contributed by atoms with van der Waals surface area (Å²) in [4.78, 5) is 12.6. The summed E-state index contributed by atoms with van der Waals surface area (Å²) in [6, 6.07) is 1.00. The van der Waals surface area contributed by atoms with E-state index in [0.717, 1.165) is 4.88 Å². The van der Waals surface area contributed by atoms with Gasteiger partial charge in [0, 0.05) is 15.8 Å². The van der Waals surface area contributed by atoms with Crippen molar-refractivity contribution in [2.75, 3.05) is 0 Å². The summed E-state index contributed by atoms with van der Waals surface area (Å²) >= 11 is 1.41. The Bertz CT molecular complexity index is 560. The van der Waals surface area contributed by atoms with Crippen LogP contribution in [0.25, 0.3) is 0 Å². The molecule has 1 aromatic heterocycles. The molecule has 0 fully saturated rings. The van der Waals surface area contributed by atoms with E-state index in [9.17, 15) is 13.2 Å². The summed E-state index contributed by atoms with van der Waals surface area (Å²) < 4.78 is 27.0. The largest absolute Gasteiger partial charge is 0.481 e. The molecule has 5 nitrogen and oxygen atoms in total. The predicted octanol–water partition coefficient (Wildman–Crippen LogP) is 2.14. The number of carboxylic acids is 1. The van der Waals surface area contributed by atoms with Gasteiger partial charge in [-0.05, 0) is 25.8 Å². The van der Waals surface area contributed by atoms with E-state index in [4.69, 9.17) is 5.11 Å². The van der Waals surface area contributed by atoms with Crippen LogP contribution in [0.2, 0.25) is 0 Å². The molecule has 0 aromatic carbocycles. The lowest BCUT2D eigenvalue weighted by Gasteiger charge is -2.20. The van der Waals surface area contributed by atoms with Crippen molar-refractivity contribution in [1.82, 2.24) is 4.72 Å². The Labute approximate surface area is 117 Å². The van der Waals surface area contributed by atoms with Gasteiger partial charge in [0.2, 0.25) is 10.0 Å². The number of aliphatic carboxylic acids is 1. The van der Waals surface area contributed by atoms with Crippen molar-refractivity contribution in [2.45, 2.75) is 45.1 Å². The van der Waals surface area contributed by atoms with E-state index >= 15 is 0 Å². The number of rotatable bonds is 6. The molecule has 0 aliphatic rings. The summed E-state index contributed by atoms with van der Waals surface area (Å²) in [5.74, 6) is -1.11. The zero-order chi connectivity index (χ0) is 14.8. The molecule has 0 saturated carbocycles. The lowest BCUT2D eigenvalue weighted by molar-refractivity contribution is -0.137. The van der Waals surface area contributed by atoms with Gasteiger partial charge in [-0.1, -0.05) is 13.8 Å². The number of carbonyl (C=O) groups is 1. The summed E-state index contributed by atoms with van der Waals surface area (Å²) in [6.45, 7) is 7.17. The van der Waals surface area contributed by atoms with Gasteiger partial charge in [-0.15, -0.1) is 11.3 Å². The second kappa shape index (κ2) is 6.02. The van der Waals surface area contributed by atoms with Gasteiger partial charge in [0.1, 0.15) is 0 Å². The molecule has 0 aliphatic carbocycles. The van der Waals surface area contributed by atoms with E-state index in [2.05, 4.69) is 4.72 Å². The SMILES string of the molecule is Cc1cc(S(=O)(=O)NC(CC(=O)O)C(C)C)c(C)s1. The van der Waals surface area contributed by atoms with Crippen molar-refractivity contribution in [2.24, 2.45) is 5.92 Å². The number of nitrogens with one attached hydrogen (secondary N) is 1. The number of aryl methyl sites for hydroxylation is 2. The van der Waals surface area contributed by atoms with Crippen molar-refractivity contribution >= 4 is 27.3 Å². The second-order valence-electron chi connectivity index (χ2n) is 4.85. The van der Waals surface area contributed by atoms with Crippen LogP contribution >= 0.6 is 11.3 Å². The standard InChI is InChI=1S/C12H19NO4S2/c1-7(2)10(6-12(14)15)13-19(16,17)11-5-8(3)18-9(11)4/h5,7,10,13H,6H2,1-4H3,(H,14,15). The minimum absolute atomic E-state index is 0.0917. The van der Waals surface area contributed by atoms with Crippen LogP contribution in [0.15, 0.2) is 11.0 Å². The number of sulfonamides is 1. The second-order valence-corrected chi connectivity index (χ2v) is 7.99. The molecule has 19 heavy (non-hydrogen) atoms. The average molecular weight is 305 g/mol. The topological polar surface area (TPSA) is 83.5 Å². The Morgan fingerprint density at radius 1 is 1.42 bits per heavy atom. The highest BCUT2D eigenvalue weighted by Crippen LogP contribution is 2.25. The van der Waals surface area contributed by atoms with Crippen LogP contribution in [0.1, 0.15) is 30.0 Å². The minimum Gasteiger partial charge on any atom is -0.481 e. The quantitative estimate of drug-likeness (QED) is 0.843. The zero-order valence-corrected chi connectivity index (χ0v) is 13.1. The van der Waals surface area contributed by atoms with Crippen molar-refractivity contribution in [3.8, 4) is 0 Å². The van der Waals surface area contributed by atoms with Gasteiger partial charge >= 0.3 is 5.97 Å². The van der Waals surface area contributed by atoms with Gasteiger partial charge in [-0.2, -0.15) is 0 Å². The van der Waals surface area contributed by atoms with Gasteiger partial charge < -0.3 is 5.11 Å². The number of hydrogen-bond acceptors (Lipinski definition) is 4. The maximum absolute atomic E-state index is 12.3. The van der Waals surface area contributed by atoms with Gasteiger partial charge in [0.05, 0.1) is 11.3 Å².